The summed E-state index contributed by atoms with van der Waals surface area (Å²) in [4.78, 5) is 34.9. The predicted molar refractivity (Wildman–Crippen MR) is 87.1 cm³/mol. The Bertz CT molecular complexity index is 649. The summed E-state index contributed by atoms with van der Waals surface area (Å²) in [7, 11) is 0. The van der Waals surface area contributed by atoms with Crippen LogP contribution in [0.15, 0.2) is 24.3 Å². The zero-order valence-electron chi connectivity index (χ0n) is 13.7. The molecule has 2 amide bonds. The van der Waals surface area contributed by atoms with E-state index in [4.69, 9.17) is 10.4 Å². The van der Waals surface area contributed by atoms with Crippen molar-refractivity contribution in [3.05, 3.63) is 35.4 Å². The second kappa shape index (κ2) is 9.30. The highest BCUT2D eigenvalue weighted by Crippen LogP contribution is 2.06. The lowest BCUT2D eigenvalue weighted by molar-refractivity contribution is -0.142. The Hall–Kier alpha value is -2.88. The first-order valence-corrected chi connectivity index (χ1v) is 7.59. The maximum Gasteiger partial charge on any atom is 0.326 e. The molecular formula is C17H21N3O4. The Morgan fingerprint density at radius 2 is 2.00 bits per heavy atom. The zero-order valence-corrected chi connectivity index (χ0v) is 13.7. The third-order valence-electron chi connectivity index (χ3n) is 3.22. The average Bonchev–Trinajstić information content (AvgIpc) is 2.52. The van der Waals surface area contributed by atoms with Crippen molar-refractivity contribution in [2.45, 2.75) is 32.7 Å². The molecule has 0 aliphatic heterocycles. The number of nitrogens with zero attached hydrogens (tertiary/aromatic N) is 1. The molecule has 0 saturated heterocycles. The smallest absolute Gasteiger partial charge is 0.326 e. The maximum atomic E-state index is 12.0. The Morgan fingerprint density at radius 3 is 2.58 bits per heavy atom. The van der Waals surface area contributed by atoms with Crippen LogP contribution >= 0.6 is 0 Å². The van der Waals surface area contributed by atoms with E-state index >= 15 is 0 Å². The second-order valence-electron chi connectivity index (χ2n) is 5.81. The molecule has 0 aromatic heterocycles. The highest BCUT2D eigenvalue weighted by Gasteiger charge is 2.21. The zero-order chi connectivity index (χ0) is 18.1. The topological polar surface area (TPSA) is 119 Å². The second-order valence-corrected chi connectivity index (χ2v) is 5.81. The predicted octanol–water partition coefficient (Wildman–Crippen LogP) is 1.10. The molecule has 1 aromatic carbocycles. The fraction of sp³-hybridized carbons (Fsp3) is 0.412. The van der Waals surface area contributed by atoms with Gasteiger partial charge in [0.05, 0.1) is 19.0 Å². The van der Waals surface area contributed by atoms with E-state index in [2.05, 4.69) is 10.6 Å². The third kappa shape index (κ3) is 6.48. The van der Waals surface area contributed by atoms with Gasteiger partial charge in [-0.2, -0.15) is 5.26 Å². The first kappa shape index (κ1) is 19.2. The van der Waals surface area contributed by atoms with E-state index in [-0.39, 0.29) is 18.9 Å². The molecule has 7 nitrogen and oxygen atoms in total. The standard InChI is InChI=1S/C17H21N3O4/c1-11(2)8-14(17(23)24)20-15(21)10-19-16(22)13-5-3-4-12(9-13)6-7-18/h3-5,9,11,14H,6,8,10H2,1-2H3,(H,19,22)(H,20,21)(H,23,24)/t14-/m0/s1. The van der Waals surface area contributed by atoms with E-state index < -0.39 is 23.8 Å². The molecule has 24 heavy (non-hydrogen) atoms. The van der Waals surface area contributed by atoms with Crippen LogP contribution in [0.5, 0.6) is 0 Å². The molecule has 1 rings (SSSR count). The van der Waals surface area contributed by atoms with Crippen LogP contribution in [0.25, 0.3) is 0 Å². The molecule has 0 radical (unpaired) electrons. The summed E-state index contributed by atoms with van der Waals surface area (Å²) in [6.07, 6.45) is 0.502. The van der Waals surface area contributed by atoms with Gasteiger partial charge < -0.3 is 15.7 Å². The molecule has 1 aromatic rings. The van der Waals surface area contributed by atoms with Gasteiger partial charge in [0.1, 0.15) is 6.04 Å². The minimum atomic E-state index is -1.10. The molecule has 128 valence electrons. The van der Waals surface area contributed by atoms with Crippen molar-refractivity contribution in [2.75, 3.05) is 6.54 Å². The van der Waals surface area contributed by atoms with Crippen LogP contribution in [0.4, 0.5) is 0 Å². The normalized spacial score (nSPS) is 11.4. The van der Waals surface area contributed by atoms with Crippen molar-refractivity contribution in [1.82, 2.24) is 10.6 Å². The van der Waals surface area contributed by atoms with Crippen molar-refractivity contribution in [2.24, 2.45) is 5.92 Å². The van der Waals surface area contributed by atoms with Gasteiger partial charge in [0, 0.05) is 5.56 Å². The van der Waals surface area contributed by atoms with Crippen LogP contribution < -0.4 is 10.6 Å². The Morgan fingerprint density at radius 1 is 1.29 bits per heavy atom. The number of carbonyl (C=O) groups excluding carboxylic acids is 2. The number of nitrogens with one attached hydrogen (secondary N) is 2. The molecule has 0 spiro atoms. The van der Waals surface area contributed by atoms with E-state index in [1.54, 1.807) is 24.3 Å². The number of hydrogen-bond donors (Lipinski definition) is 3. The molecule has 1 atom stereocenters. The molecule has 0 fully saturated rings. The fourth-order valence-corrected chi connectivity index (χ4v) is 2.11. The lowest BCUT2D eigenvalue weighted by atomic mass is 10.0. The Kier molecular flexibility index (Phi) is 7.43. The monoisotopic (exact) mass is 331 g/mol. The lowest BCUT2D eigenvalue weighted by Crippen LogP contribution is -2.46. The van der Waals surface area contributed by atoms with Gasteiger partial charge in [-0.25, -0.2) is 4.79 Å². The Balaban J connectivity index is 2.57. The number of carbonyl (C=O) groups is 3. The number of benzene rings is 1. The highest BCUT2D eigenvalue weighted by molar-refractivity contribution is 5.97. The van der Waals surface area contributed by atoms with Crippen LogP contribution in [0.1, 0.15) is 36.2 Å². The number of hydrogen-bond acceptors (Lipinski definition) is 4. The van der Waals surface area contributed by atoms with Gasteiger partial charge in [-0.15, -0.1) is 0 Å². The fourth-order valence-electron chi connectivity index (χ4n) is 2.11. The van der Waals surface area contributed by atoms with Gasteiger partial charge in [0.2, 0.25) is 5.91 Å². The largest absolute Gasteiger partial charge is 0.480 e. The number of carboxylic acid groups (broad SMARTS) is 1. The molecule has 0 unspecified atom stereocenters. The molecule has 3 N–H and O–H groups in total. The van der Waals surface area contributed by atoms with Gasteiger partial charge >= 0.3 is 5.97 Å². The number of nitriles is 1. The van der Waals surface area contributed by atoms with E-state index in [1.807, 2.05) is 19.9 Å². The number of aliphatic carboxylic acids is 1. The van der Waals surface area contributed by atoms with E-state index in [1.165, 1.54) is 0 Å². The van der Waals surface area contributed by atoms with Crippen molar-refractivity contribution in [1.29, 1.82) is 5.26 Å². The molecule has 7 heteroatoms. The van der Waals surface area contributed by atoms with Gasteiger partial charge in [0.15, 0.2) is 0 Å². The van der Waals surface area contributed by atoms with Crippen LogP contribution in [0.2, 0.25) is 0 Å². The molecule has 0 aliphatic rings. The first-order chi connectivity index (χ1) is 11.3. The summed E-state index contributed by atoms with van der Waals surface area (Å²) in [6.45, 7) is 3.40. The van der Waals surface area contributed by atoms with Crippen LogP contribution in [-0.4, -0.2) is 35.5 Å². The van der Waals surface area contributed by atoms with E-state index in [9.17, 15) is 14.4 Å². The lowest BCUT2D eigenvalue weighted by Gasteiger charge is -2.16. The third-order valence-corrected chi connectivity index (χ3v) is 3.22. The molecule has 0 heterocycles. The van der Waals surface area contributed by atoms with Crippen molar-refractivity contribution < 1.29 is 19.5 Å². The summed E-state index contributed by atoms with van der Waals surface area (Å²) >= 11 is 0. The number of amides is 2. The minimum absolute atomic E-state index is 0.115. The summed E-state index contributed by atoms with van der Waals surface area (Å²) in [5, 5.41) is 22.6. The van der Waals surface area contributed by atoms with Crippen molar-refractivity contribution in [3.63, 3.8) is 0 Å². The van der Waals surface area contributed by atoms with Gasteiger partial charge in [-0.05, 0) is 30.0 Å². The van der Waals surface area contributed by atoms with Crippen LogP contribution in [0.3, 0.4) is 0 Å². The number of rotatable bonds is 8. The Labute approximate surface area is 140 Å². The van der Waals surface area contributed by atoms with Gasteiger partial charge in [0.25, 0.3) is 5.91 Å². The van der Waals surface area contributed by atoms with Gasteiger partial charge in [-0.3, -0.25) is 9.59 Å². The quantitative estimate of drug-likeness (QED) is 0.659. The van der Waals surface area contributed by atoms with Crippen LogP contribution in [-0.2, 0) is 16.0 Å². The summed E-state index contributed by atoms with van der Waals surface area (Å²) in [6, 6.07) is 7.56. The van der Waals surface area contributed by atoms with Crippen molar-refractivity contribution in [3.8, 4) is 6.07 Å². The van der Waals surface area contributed by atoms with Gasteiger partial charge in [-0.1, -0.05) is 26.0 Å². The molecular weight excluding hydrogens is 310 g/mol. The van der Waals surface area contributed by atoms with Crippen molar-refractivity contribution >= 4 is 17.8 Å². The van der Waals surface area contributed by atoms with Crippen LogP contribution in [0, 0.1) is 17.2 Å². The molecule has 0 saturated carbocycles. The molecule has 0 bridgehead atoms. The summed E-state index contributed by atoms with van der Waals surface area (Å²) < 4.78 is 0. The SMILES string of the molecule is CC(C)C[C@H](NC(=O)CNC(=O)c1cccc(CC#N)c1)C(=O)O. The maximum absolute atomic E-state index is 12.0. The summed E-state index contributed by atoms with van der Waals surface area (Å²) in [5.41, 5.74) is 1.05. The summed E-state index contributed by atoms with van der Waals surface area (Å²) in [5.74, 6) is -2.01. The van der Waals surface area contributed by atoms with E-state index in [0.717, 1.165) is 0 Å². The van der Waals surface area contributed by atoms with E-state index in [0.29, 0.717) is 17.5 Å². The number of carboxylic acids is 1. The first-order valence-electron chi connectivity index (χ1n) is 7.59. The minimum Gasteiger partial charge on any atom is -0.480 e. The average molecular weight is 331 g/mol. The molecule has 0 aliphatic carbocycles. The highest BCUT2D eigenvalue weighted by atomic mass is 16.4.